The second kappa shape index (κ2) is 8.35. The van der Waals surface area contributed by atoms with Crippen LogP contribution in [0.25, 0.3) is 16.9 Å². The molecule has 2 aromatic heterocycles. The molecule has 0 bridgehead atoms. The van der Waals surface area contributed by atoms with Gasteiger partial charge in [0.15, 0.2) is 11.5 Å². The first-order chi connectivity index (χ1) is 15.3. The van der Waals surface area contributed by atoms with E-state index in [1.54, 1.807) is 22.9 Å². The highest BCUT2D eigenvalue weighted by atomic mass is 16.3. The first-order valence-electron chi connectivity index (χ1n) is 10.6. The number of aryl methyl sites for hydroxylation is 2. The number of nitrogens with zero attached hydrogens (tertiary/aromatic N) is 2. The van der Waals surface area contributed by atoms with Crippen molar-refractivity contribution in [2.75, 3.05) is 0 Å². The van der Waals surface area contributed by atoms with Gasteiger partial charge in [-0.1, -0.05) is 55.8 Å². The molecule has 0 spiro atoms. The van der Waals surface area contributed by atoms with E-state index in [-0.39, 0.29) is 17.2 Å². The fourth-order valence-electron chi connectivity index (χ4n) is 3.74. The topological polar surface area (TPSA) is 75.3 Å². The Balaban J connectivity index is 1.98. The lowest BCUT2D eigenvalue weighted by molar-refractivity contribution is 0.103. The molecule has 2 heterocycles. The van der Waals surface area contributed by atoms with Gasteiger partial charge in [0.2, 0.25) is 5.78 Å². The van der Waals surface area contributed by atoms with Crippen molar-refractivity contribution in [1.29, 1.82) is 0 Å². The molecular formula is C27H26N2O3. The van der Waals surface area contributed by atoms with Crippen LogP contribution in [-0.2, 0) is 0 Å². The van der Waals surface area contributed by atoms with E-state index in [0.717, 1.165) is 16.8 Å². The number of aromatic nitrogens is 2. The Labute approximate surface area is 187 Å². The second-order valence-electron chi connectivity index (χ2n) is 8.36. The van der Waals surface area contributed by atoms with Gasteiger partial charge in [0.25, 0.3) is 0 Å². The maximum absolute atomic E-state index is 13.5. The fourth-order valence-corrected chi connectivity index (χ4v) is 3.74. The molecule has 0 aliphatic carbocycles. The lowest BCUT2D eigenvalue weighted by Gasteiger charge is -2.15. The van der Waals surface area contributed by atoms with Crippen LogP contribution in [-0.4, -0.2) is 25.5 Å². The van der Waals surface area contributed by atoms with Crippen molar-refractivity contribution in [3.63, 3.8) is 0 Å². The summed E-state index contributed by atoms with van der Waals surface area (Å²) in [5, 5.41) is 21.8. The van der Waals surface area contributed by atoms with E-state index in [4.69, 9.17) is 0 Å². The number of pyridine rings is 1. The Morgan fingerprint density at radius 1 is 0.875 bits per heavy atom. The van der Waals surface area contributed by atoms with Gasteiger partial charge < -0.3 is 10.2 Å². The predicted octanol–water partition coefficient (Wildman–Crippen LogP) is 5.92. The summed E-state index contributed by atoms with van der Waals surface area (Å²) in [5.74, 6) is -0.819. The van der Waals surface area contributed by atoms with Gasteiger partial charge in [0, 0.05) is 28.7 Å². The molecular weight excluding hydrogens is 400 g/mol. The number of carbonyl (C=O) groups excluding carboxylic acids is 1. The summed E-state index contributed by atoms with van der Waals surface area (Å²) in [6.07, 6.45) is 1.63. The molecule has 0 unspecified atom stereocenters. The molecule has 0 aliphatic rings. The molecule has 4 rings (SSSR count). The number of rotatable bonds is 5. The highest BCUT2D eigenvalue weighted by molar-refractivity contribution is 6.11. The zero-order valence-electron chi connectivity index (χ0n) is 18.6. The van der Waals surface area contributed by atoms with Crippen molar-refractivity contribution in [2.45, 2.75) is 33.6 Å². The van der Waals surface area contributed by atoms with Crippen molar-refractivity contribution >= 4 is 5.78 Å². The molecule has 5 heteroatoms. The molecule has 0 aliphatic heterocycles. The molecule has 2 N–H and O–H groups in total. The van der Waals surface area contributed by atoms with Gasteiger partial charge in [-0.25, -0.2) is 0 Å². The SMILES string of the molecule is Cc1ccc(C(=O)c2c(O)c(O)c(-c3ccc(C)nc3)n2-c2ccc(C(C)C)cc2)cc1. The summed E-state index contributed by atoms with van der Waals surface area (Å²) < 4.78 is 1.61. The third-order valence-electron chi connectivity index (χ3n) is 5.65. The minimum atomic E-state index is -0.445. The lowest BCUT2D eigenvalue weighted by atomic mass is 10.0. The van der Waals surface area contributed by atoms with Crippen LogP contribution in [0.1, 0.15) is 52.6 Å². The van der Waals surface area contributed by atoms with E-state index in [0.29, 0.717) is 28.4 Å². The zero-order valence-corrected chi connectivity index (χ0v) is 18.6. The molecule has 2 aromatic carbocycles. The standard InChI is InChI=1S/C27H26N2O3/c1-16(2)19-11-13-22(14-12-19)29-23(21-10-7-18(4)28-15-21)26(31)27(32)24(29)25(30)20-8-5-17(3)6-9-20/h5-16,31-32H,1-4H3. The van der Waals surface area contributed by atoms with Crippen molar-refractivity contribution in [2.24, 2.45) is 0 Å². The molecule has 5 nitrogen and oxygen atoms in total. The minimum Gasteiger partial charge on any atom is -0.503 e. The van der Waals surface area contributed by atoms with E-state index in [9.17, 15) is 15.0 Å². The van der Waals surface area contributed by atoms with Crippen molar-refractivity contribution in [3.8, 4) is 28.4 Å². The smallest absolute Gasteiger partial charge is 0.213 e. The molecule has 0 radical (unpaired) electrons. The lowest BCUT2D eigenvalue weighted by Crippen LogP contribution is -2.10. The highest BCUT2D eigenvalue weighted by Gasteiger charge is 2.29. The Morgan fingerprint density at radius 3 is 2.09 bits per heavy atom. The van der Waals surface area contributed by atoms with Crippen LogP contribution in [0.4, 0.5) is 0 Å². The van der Waals surface area contributed by atoms with Gasteiger partial charge in [-0.05, 0) is 49.6 Å². The second-order valence-corrected chi connectivity index (χ2v) is 8.36. The monoisotopic (exact) mass is 426 g/mol. The Bertz CT molecular complexity index is 1270. The largest absolute Gasteiger partial charge is 0.503 e. The molecule has 32 heavy (non-hydrogen) atoms. The highest BCUT2D eigenvalue weighted by Crippen LogP contribution is 2.44. The van der Waals surface area contributed by atoms with E-state index in [1.807, 2.05) is 62.4 Å². The van der Waals surface area contributed by atoms with Crippen molar-refractivity contribution in [3.05, 3.63) is 94.9 Å². The van der Waals surface area contributed by atoms with Crippen LogP contribution >= 0.6 is 0 Å². The van der Waals surface area contributed by atoms with Crippen molar-refractivity contribution < 1.29 is 15.0 Å². The average molecular weight is 427 g/mol. The Hall–Kier alpha value is -3.86. The maximum Gasteiger partial charge on any atom is 0.213 e. The fraction of sp³-hybridized carbons (Fsp3) is 0.185. The number of hydrogen-bond donors (Lipinski definition) is 2. The number of aromatic hydroxyl groups is 2. The van der Waals surface area contributed by atoms with Crippen LogP contribution in [0.15, 0.2) is 66.9 Å². The Kier molecular flexibility index (Phi) is 5.57. The van der Waals surface area contributed by atoms with Crippen LogP contribution in [0.5, 0.6) is 11.5 Å². The van der Waals surface area contributed by atoms with Gasteiger partial charge in [0.1, 0.15) is 11.4 Å². The normalized spacial score (nSPS) is 11.2. The Morgan fingerprint density at radius 2 is 1.53 bits per heavy atom. The summed E-state index contributed by atoms with van der Waals surface area (Å²) in [6.45, 7) is 8.03. The van der Waals surface area contributed by atoms with Gasteiger partial charge in [-0.2, -0.15) is 0 Å². The zero-order chi connectivity index (χ0) is 23.0. The van der Waals surface area contributed by atoms with Crippen molar-refractivity contribution in [1.82, 2.24) is 9.55 Å². The molecule has 162 valence electrons. The summed E-state index contributed by atoms with van der Waals surface area (Å²) in [6, 6.07) is 18.6. The molecule has 0 amide bonds. The van der Waals surface area contributed by atoms with Crippen LogP contribution < -0.4 is 0 Å². The number of carbonyl (C=O) groups is 1. The third-order valence-corrected chi connectivity index (χ3v) is 5.65. The van der Waals surface area contributed by atoms with Gasteiger partial charge in [-0.15, -0.1) is 0 Å². The number of hydrogen-bond acceptors (Lipinski definition) is 4. The summed E-state index contributed by atoms with van der Waals surface area (Å²) in [4.78, 5) is 17.8. The van der Waals surface area contributed by atoms with Gasteiger partial charge >= 0.3 is 0 Å². The first kappa shape index (κ1) is 21.4. The maximum atomic E-state index is 13.5. The molecule has 4 aromatic rings. The molecule has 0 saturated carbocycles. The van der Waals surface area contributed by atoms with Crippen LogP contribution in [0.3, 0.4) is 0 Å². The predicted molar refractivity (Wildman–Crippen MR) is 126 cm³/mol. The number of ketones is 1. The van der Waals surface area contributed by atoms with Gasteiger partial charge in [0.05, 0.1) is 0 Å². The summed E-state index contributed by atoms with van der Waals surface area (Å²) in [5.41, 5.74) is 5.03. The summed E-state index contributed by atoms with van der Waals surface area (Å²) >= 11 is 0. The first-order valence-corrected chi connectivity index (χ1v) is 10.6. The molecule has 0 atom stereocenters. The quantitative estimate of drug-likeness (QED) is 0.388. The average Bonchev–Trinajstić information content (AvgIpc) is 3.05. The molecule has 0 fully saturated rings. The number of benzene rings is 2. The van der Waals surface area contributed by atoms with E-state index in [2.05, 4.69) is 18.8 Å². The van der Waals surface area contributed by atoms with E-state index >= 15 is 0 Å². The van der Waals surface area contributed by atoms with E-state index in [1.165, 1.54) is 0 Å². The minimum absolute atomic E-state index is 0.0132. The third kappa shape index (κ3) is 3.78. The van der Waals surface area contributed by atoms with Crippen LogP contribution in [0.2, 0.25) is 0 Å². The van der Waals surface area contributed by atoms with Gasteiger partial charge in [-0.3, -0.25) is 14.3 Å². The van der Waals surface area contributed by atoms with E-state index < -0.39 is 5.75 Å². The molecule has 0 saturated heterocycles. The summed E-state index contributed by atoms with van der Waals surface area (Å²) in [7, 11) is 0. The van der Waals surface area contributed by atoms with Crippen LogP contribution in [0, 0.1) is 13.8 Å².